The summed E-state index contributed by atoms with van der Waals surface area (Å²) in [5, 5.41) is 2.79. The van der Waals surface area contributed by atoms with E-state index in [0.717, 1.165) is 41.5 Å². The predicted molar refractivity (Wildman–Crippen MR) is 139 cm³/mol. The first-order chi connectivity index (χ1) is 16.5. The van der Waals surface area contributed by atoms with Crippen molar-refractivity contribution < 1.29 is 9.53 Å². The van der Waals surface area contributed by atoms with Crippen LogP contribution in [0.4, 0.5) is 11.6 Å². The Labute approximate surface area is 212 Å². The molecule has 178 valence electrons. The number of hydrogen-bond donors (Lipinski definition) is 2. The number of piperazine rings is 1. The number of nitrogens with two attached hydrogens (primary N) is 1. The average molecular weight is 541 g/mol. The van der Waals surface area contributed by atoms with Gasteiger partial charge in [-0.1, -0.05) is 0 Å². The summed E-state index contributed by atoms with van der Waals surface area (Å²) in [6.45, 7) is 4.09. The molecular formula is C24H29AsN6O2S. The van der Waals surface area contributed by atoms with Gasteiger partial charge >= 0.3 is 196 Å². The first kappa shape index (κ1) is 24.5. The van der Waals surface area contributed by atoms with Crippen LogP contribution in [-0.2, 0) is 11.4 Å². The number of aromatic nitrogens is 2. The molecule has 1 aliphatic rings. The summed E-state index contributed by atoms with van der Waals surface area (Å²) in [5.74, 6) is 1.01. The van der Waals surface area contributed by atoms with Gasteiger partial charge in [-0.15, -0.1) is 0 Å². The summed E-state index contributed by atoms with van der Waals surface area (Å²) in [6, 6.07) is 15.8. The van der Waals surface area contributed by atoms with Crippen LogP contribution in [0.25, 0.3) is 0 Å². The molecule has 1 fully saturated rings. The fraction of sp³-hybridized carbons (Fsp3) is 0.292. The van der Waals surface area contributed by atoms with Crippen molar-refractivity contribution in [1.82, 2.24) is 14.9 Å². The van der Waals surface area contributed by atoms with Gasteiger partial charge in [0.15, 0.2) is 0 Å². The van der Waals surface area contributed by atoms with E-state index < -0.39 is 0 Å². The van der Waals surface area contributed by atoms with Gasteiger partial charge in [-0.2, -0.15) is 0 Å². The van der Waals surface area contributed by atoms with Crippen LogP contribution in [0.2, 0.25) is 0 Å². The van der Waals surface area contributed by atoms with E-state index in [1.807, 2.05) is 42.6 Å². The molecule has 1 aliphatic heterocycles. The van der Waals surface area contributed by atoms with E-state index in [1.165, 1.54) is 16.1 Å². The molecule has 1 saturated heterocycles. The molecule has 1 amide bonds. The Morgan fingerprint density at radius 2 is 1.97 bits per heavy atom. The molecule has 8 nitrogen and oxygen atoms in total. The van der Waals surface area contributed by atoms with Crippen LogP contribution in [0.1, 0.15) is 5.56 Å². The quantitative estimate of drug-likeness (QED) is 0.411. The van der Waals surface area contributed by atoms with Crippen LogP contribution in [0.3, 0.4) is 0 Å². The van der Waals surface area contributed by atoms with Gasteiger partial charge in [-0.3, -0.25) is 4.79 Å². The maximum atomic E-state index is 11.7. The number of carbonyl (C=O) groups is 1. The molecule has 1 aromatic heterocycles. The predicted octanol–water partition coefficient (Wildman–Crippen LogP) is 1.11. The van der Waals surface area contributed by atoms with E-state index in [1.54, 1.807) is 16.9 Å². The number of nitrogens with one attached hydrogen (secondary N) is 1. The molecule has 2 aromatic carbocycles. The van der Waals surface area contributed by atoms with Crippen LogP contribution in [0.5, 0.6) is 5.88 Å². The van der Waals surface area contributed by atoms with E-state index in [0.29, 0.717) is 24.1 Å². The van der Waals surface area contributed by atoms with Crippen molar-refractivity contribution in [1.29, 1.82) is 0 Å². The first-order valence-electron chi connectivity index (χ1n) is 11.1. The van der Waals surface area contributed by atoms with Crippen molar-refractivity contribution in [2.45, 2.75) is 16.4 Å². The van der Waals surface area contributed by atoms with Gasteiger partial charge in [0.1, 0.15) is 0 Å². The van der Waals surface area contributed by atoms with Gasteiger partial charge in [0.2, 0.25) is 0 Å². The van der Waals surface area contributed by atoms with Crippen molar-refractivity contribution in [3.63, 3.8) is 0 Å². The van der Waals surface area contributed by atoms with Crippen LogP contribution in [0, 0.1) is 0 Å². The third-order valence-electron chi connectivity index (χ3n) is 5.45. The van der Waals surface area contributed by atoms with E-state index in [-0.39, 0.29) is 12.5 Å². The van der Waals surface area contributed by atoms with Crippen LogP contribution >= 0.6 is 11.8 Å². The summed E-state index contributed by atoms with van der Waals surface area (Å²) >= 11 is 3.07. The Balaban J connectivity index is 1.58. The molecule has 0 spiro atoms. The van der Waals surface area contributed by atoms with Gasteiger partial charge in [0.25, 0.3) is 0 Å². The van der Waals surface area contributed by atoms with Gasteiger partial charge in [0.05, 0.1) is 6.54 Å². The molecule has 10 heteroatoms. The molecule has 3 aromatic rings. The minimum absolute atomic E-state index is 0.0584. The summed E-state index contributed by atoms with van der Waals surface area (Å²) < 4.78 is 7.49. The normalized spacial score (nSPS) is 14.1. The van der Waals surface area contributed by atoms with Gasteiger partial charge < -0.3 is 5.73 Å². The van der Waals surface area contributed by atoms with Gasteiger partial charge in [0, 0.05) is 0 Å². The van der Waals surface area contributed by atoms with Crippen molar-refractivity contribution in [2.24, 2.45) is 5.73 Å². The Bertz CT molecular complexity index is 1140. The second kappa shape index (κ2) is 11.7. The maximum absolute atomic E-state index is 11.7. The molecule has 2 heterocycles. The van der Waals surface area contributed by atoms with Crippen molar-refractivity contribution in [2.75, 3.05) is 50.0 Å². The number of nitrogens with zero attached hydrogens (tertiary/aromatic N) is 4. The van der Waals surface area contributed by atoms with Crippen LogP contribution in [0.15, 0.2) is 64.5 Å². The Morgan fingerprint density at radius 3 is 2.74 bits per heavy atom. The molecule has 0 bridgehead atoms. The van der Waals surface area contributed by atoms with Crippen LogP contribution in [-0.4, -0.2) is 77.4 Å². The minimum atomic E-state index is -0.231. The monoisotopic (exact) mass is 540 g/mol. The summed E-state index contributed by atoms with van der Waals surface area (Å²) in [6.07, 6.45) is 1.83. The molecule has 1 unspecified atom stereocenters. The van der Waals surface area contributed by atoms with Crippen molar-refractivity contribution in [3.05, 3.63) is 60.3 Å². The zero-order valence-electron chi connectivity index (χ0n) is 19.1. The fourth-order valence-electron chi connectivity index (χ4n) is 3.47. The van der Waals surface area contributed by atoms with Gasteiger partial charge in [-0.25, -0.2) is 0 Å². The second-order valence-electron chi connectivity index (χ2n) is 8.00. The SMILES string of the molecule is CN1CCN(c2ncc(Sc3cccc(NC(=O)CN)c3)c(OCc3ccccc3[AsH2])n2)CC1. The number of ether oxygens (including phenoxy) is 1. The summed E-state index contributed by atoms with van der Waals surface area (Å²) in [5.41, 5.74) is 7.26. The second-order valence-corrected chi connectivity index (χ2v) is 10.4. The number of carbonyl (C=O) groups excluding carboxylic acids is 1. The number of benzene rings is 2. The first-order valence-corrected chi connectivity index (χ1v) is 13.1. The molecule has 1 atom stereocenters. The molecule has 3 N–H and O–H groups in total. The molecule has 0 aliphatic carbocycles. The molecule has 34 heavy (non-hydrogen) atoms. The zero-order valence-corrected chi connectivity index (χ0v) is 22.3. The standard InChI is InChI=1S/C24H29AsN6O2S/c1-30-9-11-31(12-10-30)24-27-15-21(23(29-24)33-16-17-5-2-3-8-20(17)25)34-19-7-4-6-18(13-19)28-22(32)14-26/h2-8,13,15H,9-12,14,16,25-26H2,1H3,(H,28,32). The van der Waals surface area contributed by atoms with E-state index in [4.69, 9.17) is 15.5 Å². The average Bonchev–Trinajstić information content (AvgIpc) is 2.85. The number of anilines is 2. The molecule has 0 radical (unpaired) electrons. The Hall–Kier alpha value is -2.58. The van der Waals surface area contributed by atoms with Crippen molar-refractivity contribution in [3.8, 4) is 5.88 Å². The third kappa shape index (κ3) is 6.51. The number of rotatable bonds is 8. The van der Waals surface area contributed by atoms with Gasteiger partial charge in [-0.05, 0) is 0 Å². The summed E-state index contributed by atoms with van der Waals surface area (Å²) in [7, 11) is 2.13. The number of likely N-dealkylation sites (N-methyl/N-ethyl adjacent to an activating group) is 1. The Morgan fingerprint density at radius 1 is 1.18 bits per heavy atom. The van der Waals surface area contributed by atoms with E-state index in [2.05, 4.69) is 39.3 Å². The van der Waals surface area contributed by atoms with Crippen molar-refractivity contribution >= 4 is 50.5 Å². The number of amides is 1. The van der Waals surface area contributed by atoms with E-state index >= 15 is 0 Å². The number of hydrogen-bond acceptors (Lipinski definition) is 8. The fourth-order valence-corrected chi connectivity index (χ4v) is 4.96. The topological polar surface area (TPSA) is 96.6 Å². The molecular weight excluding hydrogens is 511 g/mol. The Kier molecular flexibility index (Phi) is 8.45. The molecule has 0 saturated carbocycles. The zero-order chi connectivity index (χ0) is 23.9. The molecule has 4 rings (SSSR count). The van der Waals surface area contributed by atoms with Crippen LogP contribution < -0.4 is 25.0 Å². The summed E-state index contributed by atoms with van der Waals surface area (Å²) in [4.78, 5) is 27.4. The van der Waals surface area contributed by atoms with E-state index in [9.17, 15) is 4.79 Å². The third-order valence-corrected chi connectivity index (χ3v) is 7.62.